The normalized spacial score (nSPS) is 31.4. The molecule has 0 aromatic heterocycles. The molecule has 0 aromatic carbocycles. The fourth-order valence-corrected chi connectivity index (χ4v) is 2.34. The largest absolute Gasteiger partial charge is 0.433 e. The molecule has 2 rings (SSSR count). The van der Waals surface area contributed by atoms with E-state index in [1.54, 1.807) is 6.92 Å². The van der Waals surface area contributed by atoms with Crippen molar-refractivity contribution < 1.29 is 14.3 Å². The molecule has 2 aliphatic carbocycles. The number of fused-ring (bicyclic) bond motifs is 2. The smallest absolute Gasteiger partial charge is 0.336 e. The third-order valence-corrected chi connectivity index (χ3v) is 3.17. The lowest BCUT2D eigenvalue weighted by Crippen LogP contribution is -2.20. The highest BCUT2D eigenvalue weighted by atomic mass is 16.7. The lowest BCUT2D eigenvalue weighted by Gasteiger charge is -2.15. The van der Waals surface area contributed by atoms with E-state index in [0.717, 1.165) is 18.4 Å². The van der Waals surface area contributed by atoms with Crippen LogP contribution in [0.15, 0.2) is 11.6 Å². The van der Waals surface area contributed by atoms with Crippen molar-refractivity contribution in [2.45, 2.75) is 32.5 Å². The van der Waals surface area contributed by atoms with Crippen LogP contribution in [0, 0.1) is 11.8 Å². The Hall–Kier alpha value is -0.830. The Balaban J connectivity index is 1.96. The minimum atomic E-state index is -0.442. The van der Waals surface area contributed by atoms with Gasteiger partial charge in [-0.2, -0.15) is 0 Å². The zero-order valence-corrected chi connectivity index (χ0v) is 8.66. The van der Waals surface area contributed by atoms with Gasteiger partial charge in [0.1, 0.15) is 0 Å². The van der Waals surface area contributed by atoms with Crippen LogP contribution in [-0.4, -0.2) is 19.4 Å². The molecule has 1 saturated carbocycles. The Bertz CT molecular complexity index is 270. The standard InChI is InChI=1S/C11H16O3/c1-7(13-2)14-11(12)10-6-8-3-4-9(10)5-8/h6-9H,3-5H2,1-2H3. The predicted octanol–water partition coefficient (Wildman–Crippen LogP) is 1.88. The summed E-state index contributed by atoms with van der Waals surface area (Å²) in [7, 11) is 1.53. The van der Waals surface area contributed by atoms with Gasteiger partial charge in [-0.05, 0) is 38.0 Å². The van der Waals surface area contributed by atoms with Crippen LogP contribution in [0.4, 0.5) is 0 Å². The average molecular weight is 196 g/mol. The van der Waals surface area contributed by atoms with Gasteiger partial charge in [0, 0.05) is 12.7 Å². The number of carbonyl (C=O) groups is 1. The molecule has 3 unspecified atom stereocenters. The Labute approximate surface area is 84.1 Å². The van der Waals surface area contributed by atoms with Crippen molar-refractivity contribution in [3.63, 3.8) is 0 Å². The fraction of sp³-hybridized carbons (Fsp3) is 0.727. The second kappa shape index (κ2) is 3.73. The minimum absolute atomic E-state index is 0.188. The van der Waals surface area contributed by atoms with Crippen LogP contribution in [0.3, 0.4) is 0 Å². The van der Waals surface area contributed by atoms with Crippen molar-refractivity contribution in [1.29, 1.82) is 0 Å². The maximum Gasteiger partial charge on any atom is 0.336 e. The molecule has 2 aliphatic rings. The summed E-state index contributed by atoms with van der Waals surface area (Å²) in [6, 6.07) is 0. The molecule has 0 saturated heterocycles. The van der Waals surface area contributed by atoms with Gasteiger partial charge in [0.2, 0.25) is 0 Å². The van der Waals surface area contributed by atoms with Gasteiger partial charge in [0.25, 0.3) is 0 Å². The molecule has 0 spiro atoms. The average Bonchev–Trinajstić information content (AvgIpc) is 2.78. The molecule has 1 fully saturated rings. The Morgan fingerprint density at radius 3 is 2.86 bits per heavy atom. The van der Waals surface area contributed by atoms with E-state index in [0.29, 0.717) is 11.8 Å². The van der Waals surface area contributed by atoms with Crippen LogP contribution in [0.5, 0.6) is 0 Å². The van der Waals surface area contributed by atoms with E-state index < -0.39 is 6.29 Å². The van der Waals surface area contributed by atoms with Crippen molar-refractivity contribution in [2.75, 3.05) is 7.11 Å². The highest BCUT2D eigenvalue weighted by Gasteiger charge is 2.36. The van der Waals surface area contributed by atoms with Gasteiger partial charge in [-0.1, -0.05) is 6.08 Å². The van der Waals surface area contributed by atoms with Crippen LogP contribution in [0.25, 0.3) is 0 Å². The van der Waals surface area contributed by atoms with Gasteiger partial charge in [-0.3, -0.25) is 0 Å². The second-order valence-corrected chi connectivity index (χ2v) is 4.10. The van der Waals surface area contributed by atoms with Crippen molar-refractivity contribution in [3.05, 3.63) is 11.6 Å². The summed E-state index contributed by atoms with van der Waals surface area (Å²) in [6.45, 7) is 1.73. The van der Waals surface area contributed by atoms with Gasteiger partial charge in [0.15, 0.2) is 6.29 Å². The van der Waals surface area contributed by atoms with Crippen LogP contribution >= 0.6 is 0 Å². The van der Waals surface area contributed by atoms with Crippen LogP contribution < -0.4 is 0 Å². The maximum atomic E-state index is 11.6. The number of rotatable bonds is 3. The molecule has 78 valence electrons. The van der Waals surface area contributed by atoms with Crippen molar-refractivity contribution in [3.8, 4) is 0 Å². The van der Waals surface area contributed by atoms with Gasteiger partial charge in [-0.15, -0.1) is 0 Å². The van der Waals surface area contributed by atoms with Gasteiger partial charge < -0.3 is 9.47 Å². The van der Waals surface area contributed by atoms with E-state index in [1.807, 2.05) is 0 Å². The minimum Gasteiger partial charge on any atom is -0.433 e. The second-order valence-electron chi connectivity index (χ2n) is 4.10. The summed E-state index contributed by atoms with van der Waals surface area (Å²) in [5.74, 6) is 0.892. The molecule has 14 heavy (non-hydrogen) atoms. The quantitative estimate of drug-likeness (QED) is 0.510. The number of esters is 1. The van der Waals surface area contributed by atoms with Crippen molar-refractivity contribution >= 4 is 5.97 Å². The van der Waals surface area contributed by atoms with E-state index in [1.165, 1.54) is 13.5 Å². The Morgan fingerprint density at radius 1 is 1.57 bits per heavy atom. The maximum absolute atomic E-state index is 11.6. The summed E-state index contributed by atoms with van der Waals surface area (Å²) in [5, 5.41) is 0. The van der Waals surface area contributed by atoms with E-state index in [-0.39, 0.29) is 5.97 Å². The first kappa shape index (κ1) is 9.71. The first-order chi connectivity index (χ1) is 6.70. The third-order valence-electron chi connectivity index (χ3n) is 3.17. The first-order valence-corrected chi connectivity index (χ1v) is 5.16. The van der Waals surface area contributed by atoms with Gasteiger partial charge >= 0.3 is 5.97 Å². The molecule has 0 heterocycles. The molecule has 0 radical (unpaired) electrons. The molecule has 0 aromatic rings. The first-order valence-electron chi connectivity index (χ1n) is 5.16. The zero-order chi connectivity index (χ0) is 10.1. The van der Waals surface area contributed by atoms with Gasteiger partial charge in [-0.25, -0.2) is 4.79 Å². The summed E-state index contributed by atoms with van der Waals surface area (Å²) >= 11 is 0. The molecule has 3 nitrogen and oxygen atoms in total. The van der Waals surface area contributed by atoms with Crippen LogP contribution in [0.1, 0.15) is 26.2 Å². The molecule has 3 atom stereocenters. The molecule has 2 bridgehead atoms. The number of hydrogen-bond acceptors (Lipinski definition) is 3. The molecule has 0 aliphatic heterocycles. The highest BCUT2D eigenvalue weighted by Crippen LogP contribution is 2.44. The summed E-state index contributed by atoms with van der Waals surface area (Å²) in [5.41, 5.74) is 0.880. The van der Waals surface area contributed by atoms with Crippen molar-refractivity contribution in [2.24, 2.45) is 11.8 Å². The SMILES string of the molecule is COC(C)OC(=O)C1=CC2CCC1C2. The monoisotopic (exact) mass is 196 g/mol. The molecule has 0 N–H and O–H groups in total. The third kappa shape index (κ3) is 1.69. The van der Waals surface area contributed by atoms with Crippen LogP contribution in [-0.2, 0) is 14.3 Å². The van der Waals surface area contributed by atoms with E-state index in [4.69, 9.17) is 9.47 Å². The number of hydrogen-bond donors (Lipinski definition) is 0. The fourth-order valence-electron chi connectivity index (χ4n) is 2.34. The topological polar surface area (TPSA) is 35.5 Å². The van der Waals surface area contributed by atoms with E-state index >= 15 is 0 Å². The Morgan fingerprint density at radius 2 is 2.36 bits per heavy atom. The van der Waals surface area contributed by atoms with Gasteiger partial charge in [0.05, 0.1) is 0 Å². The summed E-state index contributed by atoms with van der Waals surface area (Å²) in [6.07, 6.45) is 5.17. The molecular weight excluding hydrogens is 180 g/mol. The van der Waals surface area contributed by atoms with E-state index in [2.05, 4.69) is 6.08 Å². The van der Waals surface area contributed by atoms with Crippen LogP contribution in [0.2, 0.25) is 0 Å². The molecular formula is C11H16O3. The summed E-state index contributed by atoms with van der Waals surface area (Å²) in [4.78, 5) is 11.6. The number of ether oxygens (including phenoxy) is 2. The predicted molar refractivity (Wildman–Crippen MR) is 51.5 cm³/mol. The summed E-state index contributed by atoms with van der Waals surface area (Å²) < 4.78 is 10.00. The highest BCUT2D eigenvalue weighted by molar-refractivity contribution is 5.90. The number of methoxy groups -OCH3 is 1. The lowest BCUT2D eigenvalue weighted by atomic mass is 9.99. The van der Waals surface area contributed by atoms with Crippen molar-refractivity contribution in [1.82, 2.24) is 0 Å². The Kier molecular flexibility index (Phi) is 2.59. The molecule has 3 heteroatoms. The zero-order valence-electron chi connectivity index (χ0n) is 8.66. The lowest BCUT2D eigenvalue weighted by molar-refractivity contribution is -0.165. The number of allylic oxidation sites excluding steroid dienone is 1. The number of carbonyl (C=O) groups excluding carboxylic acids is 1. The van der Waals surface area contributed by atoms with E-state index in [9.17, 15) is 4.79 Å². The molecule has 0 amide bonds.